The fraction of sp³-hybridized carbons (Fsp3) is 0.438. The molecule has 8 rings (SSSR count). The second kappa shape index (κ2) is 9.68. The van der Waals surface area contributed by atoms with Crippen LogP contribution in [0, 0.1) is 5.82 Å². The molecule has 3 aromatic carbocycles. The van der Waals surface area contributed by atoms with Crippen molar-refractivity contribution in [2.24, 2.45) is 0 Å². The van der Waals surface area contributed by atoms with Crippen molar-refractivity contribution in [3.05, 3.63) is 53.3 Å². The lowest BCUT2D eigenvalue weighted by atomic mass is 9.95. The van der Waals surface area contributed by atoms with Crippen LogP contribution < -0.4 is 15.0 Å². The third-order valence-electron chi connectivity index (χ3n) is 9.76. The summed E-state index contributed by atoms with van der Waals surface area (Å²) in [6.45, 7) is 4.29. The summed E-state index contributed by atoms with van der Waals surface area (Å²) in [6, 6.07) is 13.6. The van der Waals surface area contributed by atoms with E-state index in [9.17, 15) is 5.11 Å². The van der Waals surface area contributed by atoms with Gasteiger partial charge in [-0.15, -0.1) is 0 Å². The molecular formula is C32H33ClFN5O2. The number of rotatable bonds is 5. The van der Waals surface area contributed by atoms with Crippen molar-refractivity contribution in [1.82, 2.24) is 20.2 Å². The second-order valence-electron chi connectivity index (χ2n) is 12.2. The number of anilines is 1. The van der Waals surface area contributed by atoms with Crippen molar-refractivity contribution in [2.45, 2.75) is 56.1 Å². The third kappa shape index (κ3) is 4.22. The molecule has 0 aliphatic carbocycles. The van der Waals surface area contributed by atoms with E-state index < -0.39 is 5.82 Å². The van der Waals surface area contributed by atoms with Crippen LogP contribution in [0.4, 0.5) is 10.2 Å². The molecule has 0 amide bonds. The zero-order chi connectivity index (χ0) is 27.7. The number of aromatic hydroxyl groups is 1. The molecule has 9 heteroatoms. The molecule has 1 aromatic heterocycles. The van der Waals surface area contributed by atoms with Crippen molar-refractivity contribution in [3.8, 4) is 22.9 Å². The number of benzene rings is 3. The van der Waals surface area contributed by atoms with Crippen LogP contribution in [0.25, 0.3) is 32.8 Å². The lowest BCUT2D eigenvalue weighted by molar-refractivity contribution is 0.108. The van der Waals surface area contributed by atoms with Gasteiger partial charge in [-0.3, -0.25) is 4.90 Å². The van der Waals surface area contributed by atoms with E-state index in [4.69, 9.17) is 26.3 Å². The standard InChI is InChI=1S/C32H33ClFN5O2/c33-26-15-25-29(28(34)27(26)24-14-22(40)13-19-5-1-2-6-23(19)24)36-31(41-18-32-9-3-11-39(32)12-4-10-32)37-30(25)38-16-20-7-8-21(17-38)35-20/h1-2,5-6,13-15,20-21,35,40H,3-4,7-12,16-18H2. The number of phenolic OH excluding ortho intramolecular Hbond substituents is 1. The molecule has 41 heavy (non-hydrogen) atoms. The molecule has 212 valence electrons. The van der Waals surface area contributed by atoms with Crippen molar-refractivity contribution in [1.29, 1.82) is 0 Å². The van der Waals surface area contributed by atoms with Crippen LogP contribution in [0.15, 0.2) is 42.5 Å². The van der Waals surface area contributed by atoms with Gasteiger partial charge in [0, 0.05) is 36.1 Å². The highest BCUT2D eigenvalue weighted by Gasteiger charge is 2.45. The highest BCUT2D eigenvalue weighted by Crippen LogP contribution is 2.43. The fourth-order valence-electron chi connectivity index (χ4n) is 7.84. The molecule has 4 aromatic rings. The Hall–Kier alpha value is -3.20. The number of aromatic nitrogens is 2. The minimum absolute atomic E-state index is 0.0246. The Kier molecular flexibility index (Phi) is 6.02. The molecular weight excluding hydrogens is 541 g/mol. The van der Waals surface area contributed by atoms with Crippen molar-refractivity contribution in [2.75, 3.05) is 37.7 Å². The van der Waals surface area contributed by atoms with Gasteiger partial charge in [0.25, 0.3) is 0 Å². The molecule has 4 aliphatic rings. The summed E-state index contributed by atoms with van der Waals surface area (Å²) >= 11 is 6.88. The Bertz CT molecular complexity index is 1660. The van der Waals surface area contributed by atoms with E-state index in [1.165, 1.54) is 12.8 Å². The zero-order valence-corrected chi connectivity index (χ0v) is 23.6. The van der Waals surface area contributed by atoms with Crippen molar-refractivity contribution < 1.29 is 14.2 Å². The lowest BCUT2D eigenvalue weighted by Crippen LogP contribution is -2.51. The SMILES string of the molecule is Oc1cc(-c2c(Cl)cc3c(N4CC5CCC(C4)N5)nc(OCC45CCCN4CCC5)nc3c2F)c2ccccc2c1. The van der Waals surface area contributed by atoms with Gasteiger partial charge in [0.05, 0.1) is 10.6 Å². The largest absolute Gasteiger partial charge is 0.508 e. The maximum Gasteiger partial charge on any atom is 0.319 e. The maximum atomic E-state index is 16.8. The van der Waals surface area contributed by atoms with Gasteiger partial charge in [0.15, 0.2) is 5.82 Å². The fourth-order valence-corrected chi connectivity index (χ4v) is 8.14. The molecule has 4 fully saturated rings. The first kappa shape index (κ1) is 25.5. The summed E-state index contributed by atoms with van der Waals surface area (Å²) in [5.74, 6) is 0.190. The van der Waals surface area contributed by atoms with Crippen LogP contribution in [0.1, 0.15) is 38.5 Å². The first-order chi connectivity index (χ1) is 20.0. The predicted molar refractivity (Wildman–Crippen MR) is 160 cm³/mol. The summed E-state index contributed by atoms with van der Waals surface area (Å²) in [4.78, 5) is 14.4. The monoisotopic (exact) mass is 573 g/mol. The molecule has 2 unspecified atom stereocenters. The molecule has 7 nitrogen and oxygen atoms in total. The first-order valence-electron chi connectivity index (χ1n) is 14.8. The molecule has 0 spiro atoms. The van der Waals surface area contributed by atoms with Gasteiger partial charge in [-0.25, -0.2) is 4.39 Å². The average Bonchev–Trinajstić information content (AvgIpc) is 3.65. The van der Waals surface area contributed by atoms with Gasteiger partial charge < -0.3 is 20.1 Å². The quantitative estimate of drug-likeness (QED) is 0.308. The summed E-state index contributed by atoms with van der Waals surface area (Å²) in [5.41, 5.74) is 0.962. The predicted octanol–water partition coefficient (Wildman–Crippen LogP) is 5.90. The Labute approximate surface area is 243 Å². The van der Waals surface area contributed by atoms with Gasteiger partial charge in [-0.1, -0.05) is 35.9 Å². The molecule has 2 bridgehead atoms. The molecule has 2 N–H and O–H groups in total. The van der Waals surface area contributed by atoms with E-state index in [1.807, 2.05) is 24.3 Å². The highest BCUT2D eigenvalue weighted by molar-refractivity contribution is 6.35. The number of piperazine rings is 1. The molecule has 4 saturated heterocycles. The van der Waals surface area contributed by atoms with Gasteiger partial charge in [-0.05, 0) is 86.1 Å². The normalized spacial score (nSPS) is 23.5. The minimum Gasteiger partial charge on any atom is -0.508 e. The molecule has 4 aliphatic heterocycles. The number of halogens is 2. The van der Waals surface area contributed by atoms with Crippen LogP contribution in [-0.4, -0.2) is 70.4 Å². The summed E-state index contributed by atoms with van der Waals surface area (Å²) in [6.07, 6.45) is 6.79. The highest BCUT2D eigenvalue weighted by atomic mass is 35.5. The van der Waals surface area contributed by atoms with Gasteiger partial charge in [0.2, 0.25) is 0 Å². The smallest absolute Gasteiger partial charge is 0.319 e. The first-order valence-corrected chi connectivity index (χ1v) is 15.2. The average molecular weight is 574 g/mol. The lowest BCUT2D eigenvalue weighted by Gasteiger charge is -2.35. The molecule has 0 radical (unpaired) electrons. The molecule has 0 saturated carbocycles. The van der Waals surface area contributed by atoms with Gasteiger partial charge in [-0.2, -0.15) is 9.97 Å². The Morgan fingerprint density at radius 2 is 1.78 bits per heavy atom. The van der Waals surface area contributed by atoms with Crippen LogP contribution in [-0.2, 0) is 0 Å². The van der Waals surface area contributed by atoms with Crippen LogP contribution in [0.2, 0.25) is 5.02 Å². The van der Waals surface area contributed by atoms with E-state index in [0.717, 1.165) is 62.6 Å². The summed E-state index contributed by atoms with van der Waals surface area (Å²) < 4.78 is 23.1. The zero-order valence-electron chi connectivity index (χ0n) is 22.9. The number of phenols is 1. The number of hydrogen-bond acceptors (Lipinski definition) is 7. The van der Waals surface area contributed by atoms with E-state index in [-0.39, 0.29) is 33.4 Å². The van der Waals surface area contributed by atoms with E-state index >= 15 is 4.39 Å². The second-order valence-corrected chi connectivity index (χ2v) is 12.6. The van der Waals surface area contributed by atoms with Crippen molar-refractivity contribution >= 4 is 39.1 Å². The Morgan fingerprint density at radius 3 is 2.56 bits per heavy atom. The van der Waals surface area contributed by atoms with Crippen LogP contribution >= 0.6 is 11.6 Å². The number of hydrogen-bond donors (Lipinski definition) is 2. The van der Waals surface area contributed by atoms with E-state index in [1.54, 1.807) is 18.2 Å². The maximum absolute atomic E-state index is 16.8. The topological polar surface area (TPSA) is 73.8 Å². The summed E-state index contributed by atoms with van der Waals surface area (Å²) in [7, 11) is 0. The molecule has 2 atom stereocenters. The number of nitrogens with one attached hydrogen (secondary N) is 1. The van der Waals surface area contributed by atoms with Crippen molar-refractivity contribution in [3.63, 3.8) is 0 Å². The number of ether oxygens (including phenoxy) is 1. The van der Waals surface area contributed by atoms with Crippen LogP contribution in [0.5, 0.6) is 11.8 Å². The van der Waals surface area contributed by atoms with E-state index in [2.05, 4.69) is 15.1 Å². The van der Waals surface area contributed by atoms with Gasteiger partial charge >= 0.3 is 6.01 Å². The van der Waals surface area contributed by atoms with Gasteiger partial charge in [0.1, 0.15) is 23.7 Å². The number of nitrogens with zero attached hydrogens (tertiary/aromatic N) is 4. The Morgan fingerprint density at radius 1 is 1.02 bits per heavy atom. The minimum atomic E-state index is -0.531. The number of fused-ring (bicyclic) bond motifs is 5. The summed E-state index contributed by atoms with van der Waals surface area (Å²) in [5, 5.41) is 16.6. The molecule has 5 heterocycles. The Balaban J connectivity index is 1.28. The third-order valence-corrected chi connectivity index (χ3v) is 10.1. The van der Waals surface area contributed by atoms with Crippen LogP contribution in [0.3, 0.4) is 0 Å². The van der Waals surface area contributed by atoms with E-state index in [0.29, 0.717) is 35.5 Å².